The lowest BCUT2D eigenvalue weighted by atomic mass is 10.1. The second-order valence-corrected chi connectivity index (χ2v) is 8.45. The van der Waals surface area contributed by atoms with Crippen LogP contribution in [0.1, 0.15) is 23.2 Å². The SMILES string of the molecule is O=C(CN1CCN(C(=O)c2ccccc2OC[C@H]2CCCO2)CC1)Nc1ccccc1Cl. The van der Waals surface area contributed by atoms with Crippen LogP contribution in [0.4, 0.5) is 5.69 Å². The molecule has 1 N–H and O–H groups in total. The topological polar surface area (TPSA) is 71.1 Å². The molecule has 2 saturated heterocycles. The van der Waals surface area contributed by atoms with Gasteiger partial charge in [-0.2, -0.15) is 0 Å². The average molecular weight is 458 g/mol. The van der Waals surface area contributed by atoms with Crippen LogP contribution in [-0.4, -0.2) is 73.7 Å². The van der Waals surface area contributed by atoms with E-state index in [0.29, 0.717) is 54.8 Å². The summed E-state index contributed by atoms with van der Waals surface area (Å²) in [6.07, 6.45) is 2.14. The van der Waals surface area contributed by atoms with Crippen molar-refractivity contribution in [1.82, 2.24) is 9.80 Å². The number of para-hydroxylation sites is 2. The molecular weight excluding hydrogens is 430 g/mol. The van der Waals surface area contributed by atoms with Gasteiger partial charge < -0.3 is 19.7 Å². The molecule has 2 fully saturated rings. The van der Waals surface area contributed by atoms with Gasteiger partial charge in [0.25, 0.3) is 5.91 Å². The number of piperazine rings is 1. The molecule has 2 aromatic carbocycles. The Morgan fingerprint density at radius 3 is 2.56 bits per heavy atom. The van der Waals surface area contributed by atoms with Crippen LogP contribution in [0.2, 0.25) is 5.02 Å². The summed E-state index contributed by atoms with van der Waals surface area (Å²) in [5, 5.41) is 3.35. The summed E-state index contributed by atoms with van der Waals surface area (Å²) in [6.45, 7) is 3.85. The lowest BCUT2D eigenvalue weighted by Crippen LogP contribution is -2.50. The third-order valence-corrected chi connectivity index (χ3v) is 6.07. The Kier molecular flexibility index (Phi) is 7.63. The number of ether oxygens (including phenoxy) is 2. The van der Waals surface area contributed by atoms with Gasteiger partial charge in [0.15, 0.2) is 0 Å². The number of hydrogen-bond donors (Lipinski definition) is 1. The maximum atomic E-state index is 13.1. The first-order valence-corrected chi connectivity index (χ1v) is 11.4. The van der Waals surface area contributed by atoms with Gasteiger partial charge in [-0.3, -0.25) is 14.5 Å². The Labute approximate surface area is 193 Å². The zero-order valence-corrected chi connectivity index (χ0v) is 18.7. The highest BCUT2D eigenvalue weighted by Crippen LogP contribution is 2.23. The number of halogens is 1. The first-order valence-electron chi connectivity index (χ1n) is 11.0. The maximum Gasteiger partial charge on any atom is 0.257 e. The molecule has 0 aromatic heterocycles. The highest BCUT2D eigenvalue weighted by molar-refractivity contribution is 6.33. The predicted octanol–water partition coefficient (Wildman–Crippen LogP) is 3.29. The van der Waals surface area contributed by atoms with E-state index in [1.807, 2.05) is 40.1 Å². The van der Waals surface area contributed by atoms with Crippen LogP contribution in [0.5, 0.6) is 5.75 Å². The van der Waals surface area contributed by atoms with Crippen molar-refractivity contribution in [3.05, 3.63) is 59.1 Å². The van der Waals surface area contributed by atoms with E-state index < -0.39 is 0 Å². The zero-order valence-electron chi connectivity index (χ0n) is 18.0. The number of anilines is 1. The quantitative estimate of drug-likeness (QED) is 0.690. The average Bonchev–Trinajstić information content (AvgIpc) is 3.33. The first-order chi connectivity index (χ1) is 15.6. The fourth-order valence-electron chi connectivity index (χ4n) is 3.96. The van der Waals surface area contributed by atoms with E-state index in [9.17, 15) is 9.59 Å². The molecule has 170 valence electrons. The molecule has 0 radical (unpaired) electrons. The largest absolute Gasteiger partial charge is 0.490 e. The number of hydrogen-bond acceptors (Lipinski definition) is 5. The minimum atomic E-state index is -0.120. The Bertz CT molecular complexity index is 940. The van der Waals surface area contributed by atoms with Crippen molar-refractivity contribution in [3.63, 3.8) is 0 Å². The molecule has 2 amide bonds. The predicted molar refractivity (Wildman–Crippen MR) is 123 cm³/mol. The Morgan fingerprint density at radius 1 is 1.06 bits per heavy atom. The highest BCUT2D eigenvalue weighted by Gasteiger charge is 2.26. The van der Waals surface area contributed by atoms with E-state index in [0.717, 1.165) is 19.4 Å². The molecule has 1 atom stereocenters. The molecule has 0 saturated carbocycles. The lowest BCUT2D eigenvalue weighted by molar-refractivity contribution is -0.117. The molecule has 0 spiro atoms. The van der Waals surface area contributed by atoms with E-state index >= 15 is 0 Å². The molecule has 4 rings (SSSR count). The summed E-state index contributed by atoms with van der Waals surface area (Å²) in [4.78, 5) is 29.4. The zero-order chi connectivity index (χ0) is 22.3. The van der Waals surface area contributed by atoms with Crippen molar-refractivity contribution in [1.29, 1.82) is 0 Å². The number of benzene rings is 2. The molecule has 0 bridgehead atoms. The van der Waals surface area contributed by atoms with E-state index in [4.69, 9.17) is 21.1 Å². The van der Waals surface area contributed by atoms with Crippen molar-refractivity contribution in [2.24, 2.45) is 0 Å². The van der Waals surface area contributed by atoms with Crippen LogP contribution in [0.15, 0.2) is 48.5 Å². The van der Waals surface area contributed by atoms with Gasteiger partial charge in [0, 0.05) is 32.8 Å². The smallest absolute Gasteiger partial charge is 0.257 e. The fourth-order valence-corrected chi connectivity index (χ4v) is 4.15. The first kappa shape index (κ1) is 22.6. The van der Waals surface area contributed by atoms with Gasteiger partial charge in [-0.15, -0.1) is 0 Å². The molecule has 0 aliphatic carbocycles. The van der Waals surface area contributed by atoms with Gasteiger partial charge in [-0.05, 0) is 37.1 Å². The van der Waals surface area contributed by atoms with E-state index in [1.54, 1.807) is 18.2 Å². The van der Waals surface area contributed by atoms with Crippen molar-refractivity contribution < 1.29 is 19.1 Å². The van der Waals surface area contributed by atoms with Crippen LogP contribution >= 0.6 is 11.6 Å². The Morgan fingerprint density at radius 2 is 1.81 bits per heavy atom. The fraction of sp³-hybridized carbons (Fsp3) is 0.417. The third kappa shape index (κ3) is 5.79. The molecule has 0 unspecified atom stereocenters. The molecule has 2 aliphatic heterocycles. The standard InChI is InChI=1S/C24H28ClN3O4/c25-20-8-2-3-9-21(20)26-23(29)16-27-11-13-28(14-12-27)24(30)19-7-1-4-10-22(19)32-17-18-6-5-15-31-18/h1-4,7-10,18H,5-6,11-17H2,(H,26,29)/t18-/m1/s1. The van der Waals surface area contributed by atoms with E-state index in [2.05, 4.69) is 5.32 Å². The van der Waals surface area contributed by atoms with Crippen LogP contribution < -0.4 is 10.1 Å². The summed E-state index contributed by atoms with van der Waals surface area (Å²) in [5.41, 5.74) is 1.17. The van der Waals surface area contributed by atoms with E-state index in [-0.39, 0.29) is 24.5 Å². The van der Waals surface area contributed by atoms with Crippen molar-refractivity contribution in [2.75, 3.05) is 51.3 Å². The summed E-state index contributed by atoms with van der Waals surface area (Å²) >= 11 is 6.11. The number of nitrogens with zero attached hydrogens (tertiary/aromatic N) is 2. The van der Waals surface area contributed by atoms with Crippen LogP contribution in [0, 0.1) is 0 Å². The van der Waals surface area contributed by atoms with E-state index in [1.165, 1.54) is 0 Å². The van der Waals surface area contributed by atoms with Crippen molar-refractivity contribution in [3.8, 4) is 5.75 Å². The van der Waals surface area contributed by atoms with Crippen molar-refractivity contribution in [2.45, 2.75) is 18.9 Å². The second-order valence-electron chi connectivity index (χ2n) is 8.04. The summed E-state index contributed by atoms with van der Waals surface area (Å²) in [6, 6.07) is 14.5. The molecule has 2 aromatic rings. The van der Waals surface area contributed by atoms with Gasteiger partial charge in [0.05, 0.1) is 28.9 Å². The number of nitrogens with one attached hydrogen (secondary N) is 1. The van der Waals surface area contributed by atoms with Gasteiger partial charge in [-0.25, -0.2) is 0 Å². The molecule has 32 heavy (non-hydrogen) atoms. The Hall–Kier alpha value is -2.61. The minimum absolute atomic E-state index is 0.0480. The number of carbonyl (C=O) groups is 2. The van der Waals surface area contributed by atoms with Gasteiger partial charge in [0.1, 0.15) is 12.4 Å². The minimum Gasteiger partial charge on any atom is -0.490 e. The molecule has 8 heteroatoms. The number of amides is 2. The molecular formula is C24H28ClN3O4. The number of rotatable bonds is 7. The maximum absolute atomic E-state index is 13.1. The van der Waals surface area contributed by atoms with Crippen LogP contribution in [0.25, 0.3) is 0 Å². The van der Waals surface area contributed by atoms with Crippen LogP contribution in [0.3, 0.4) is 0 Å². The monoisotopic (exact) mass is 457 g/mol. The van der Waals surface area contributed by atoms with Gasteiger partial charge in [-0.1, -0.05) is 35.9 Å². The molecule has 2 aliphatic rings. The third-order valence-electron chi connectivity index (χ3n) is 5.74. The van der Waals surface area contributed by atoms with Crippen molar-refractivity contribution >= 4 is 29.1 Å². The second kappa shape index (κ2) is 10.8. The Balaban J connectivity index is 1.28. The molecule has 7 nitrogen and oxygen atoms in total. The summed E-state index contributed by atoms with van der Waals surface area (Å²) in [5.74, 6) is 0.424. The summed E-state index contributed by atoms with van der Waals surface area (Å²) < 4.78 is 11.5. The number of carbonyl (C=O) groups excluding carboxylic acids is 2. The normalized spacial score (nSPS) is 19.0. The van der Waals surface area contributed by atoms with Gasteiger partial charge >= 0.3 is 0 Å². The van der Waals surface area contributed by atoms with Gasteiger partial charge in [0.2, 0.25) is 5.91 Å². The highest BCUT2D eigenvalue weighted by atomic mass is 35.5. The lowest BCUT2D eigenvalue weighted by Gasteiger charge is -2.34. The molecule has 2 heterocycles. The summed E-state index contributed by atoms with van der Waals surface area (Å²) in [7, 11) is 0. The van der Waals surface area contributed by atoms with Crippen LogP contribution in [-0.2, 0) is 9.53 Å².